The number of nitrogens with zero attached hydrogens (tertiary/aromatic N) is 2. The highest BCUT2D eigenvalue weighted by molar-refractivity contribution is 7.14. The number of nitrogens with two attached hydrogens (primary N) is 1. The summed E-state index contributed by atoms with van der Waals surface area (Å²) in [6.45, 7) is 1.21. The molecule has 0 aliphatic carbocycles. The zero-order chi connectivity index (χ0) is 22.1. The van der Waals surface area contributed by atoms with Crippen molar-refractivity contribution in [3.63, 3.8) is 0 Å². The molecule has 0 bridgehead atoms. The van der Waals surface area contributed by atoms with Crippen LogP contribution in [0.1, 0.15) is 32.2 Å². The third kappa shape index (κ3) is 4.07. The number of amides is 1. The fourth-order valence-corrected chi connectivity index (χ4v) is 4.73. The monoisotopic (exact) mass is 444 g/mol. The maximum Gasteiger partial charge on any atom is 0.264 e. The van der Waals surface area contributed by atoms with Gasteiger partial charge in [-0.05, 0) is 60.0 Å². The molecule has 3 aromatic heterocycles. The van der Waals surface area contributed by atoms with Gasteiger partial charge in [0.2, 0.25) is 0 Å². The molecular weight excluding hydrogens is 423 g/mol. The first-order valence-corrected chi connectivity index (χ1v) is 11.1. The Hall–Kier alpha value is -3.71. The zero-order valence-electron chi connectivity index (χ0n) is 17.2. The van der Waals surface area contributed by atoms with Crippen LogP contribution in [0, 0.1) is 5.82 Å². The lowest BCUT2D eigenvalue weighted by Crippen LogP contribution is -2.34. The van der Waals surface area contributed by atoms with Crippen LogP contribution in [-0.2, 0) is 0 Å². The molecule has 7 heteroatoms. The van der Waals surface area contributed by atoms with E-state index < -0.39 is 0 Å². The number of carbonyl (C=O) groups is 1. The molecule has 0 radical (unpaired) electrons. The van der Waals surface area contributed by atoms with E-state index in [1.54, 1.807) is 12.3 Å². The second-order valence-electron chi connectivity index (χ2n) is 7.66. The molecule has 4 aromatic rings. The molecule has 5 nitrogen and oxygen atoms in total. The van der Waals surface area contributed by atoms with Crippen molar-refractivity contribution in [2.75, 3.05) is 18.8 Å². The van der Waals surface area contributed by atoms with Crippen LogP contribution in [0.4, 0.5) is 10.2 Å². The summed E-state index contributed by atoms with van der Waals surface area (Å²) in [5.74, 6) is 0.276. The molecular formula is C25H21FN4OS. The SMILES string of the molecule is Nc1nccc2[nH]c(C3=CCN(C(=O)c4ccc(/C=C/c5cccc(F)c5)s4)CC3)cc12. The van der Waals surface area contributed by atoms with E-state index in [4.69, 9.17) is 5.73 Å². The number of halogens is 1. The van der Waals surface area contributed by atoms with Gasteiger partial charge in [0.1, 0.15) is 11.6 Å². The number of nitrogens with one attached hydrogen (secondary N) is 1. The fraction of sp³-hybridized carbons (Fsp3) is 0.120. The predicted molar refractivity (Wildman–Crippen MR) is 129 cm³/mol. The summed E-state index contributed by atoms with van der Waals surface area (Å²) in [6.07, 6.45) is 8.30. The number of aromatic amines is 1. The number of H-pyrrole nitrogens is 1. The molecule has 1 aliphatic heterocycles. The number of anilines is 1. The van der Waals surface area contributed by atoms with Crippen LogP contribution in [0.25, 0.3) is 28.6 Å². The summed E-state index contributed by atoms with van der Waals surface area (Å²) < 4.78 is 13.3. The van der Waals surface area contributed by atoms with Gasteiger partial charge in [-0.15, -0.1) is 11.3 Å². The Morgan fingerprint density at radius 3 is 2.88 bits per heavy atom. The van der Waals surface area contributed by atoms with Gasteiger partial charge in [-0.25, -0.2) is 9.37 Å². The first-order chi connectivity index (χ1) is 15.6. The predicted octanol–water partition coefficient (Wildman–Crippen LogP) is 5.45. The first-order valence-electron chi connectivity index (χ1n) is 10.3. The highest BCUT2D eigenvalue weighted by Crippen LogP contribution is 2.29. The molecule has 160 valence electrons. The third-order valence-corrected chi connectivity index (χ3v) is 6.59. The molecule has 0 unspecified atom stereocenters. The van der Waals surface area contributed by atoms with Crippen molar-refractivity contribution < 1.29 is 9.18 Å². The van der Waals surface area contributed by atoms with Crippen LogP contribution in [0.3, 0.4) is 0 Å². The Balaban J connectivity index is 1.27. The third-order valence-electron chi connectivity index (χ3n) is 5.55. The minimum atomic E-state index is -0.265. The Labute approximate surface area is 188 Å². The molecule has 4 heterocycles. The molecule has 1 amide bonds. The standard InChI is InChI=1S/C25H21FN4OS/c26-18-3-1-2-16(14-18)4-5-19-6-7-23(32-19)25(31)30-12-9-17(10-13-30)22-15-20-21(29-22)8-11-28-24(20)27/h1-9,11,14-15,29H,10,12-13H2,(H2,27,28)/b5-4+. The minimum absolute atomic E-state index is 0.0285. The van der Waals surface area contributed by atoms with Crippen LogP contribution in [0.5, 0.6) is 0 Å². The second-order valence-corrected chi connectivity index (χ2v) is 8.78. The summed E-state index contributed by atoms with van der Waals surface area (Å²) in [5.41, 5.74) is 9.91. The van der Waals surface area contributed by atoms with Crippen LogP contribution >= 0.6 is 11.3 Å². The zero-order valence-corrected chi connectivity index (χ0v) is 18.0. The molecule has 0 spiro atoms. The summed E-state index contributed by atoms with van der Waals surface area (Å²) in [4.78, 5) is 24.0. The number of fused-ring (bicyclic) bond motifs is 1. The van der Waals surface area contributed by atoms with Crippen LogP contribution in [-0.4, -0.2) is 33.9 Å². The summed E-state index contributed by atoms with van der Waals surface area (Å²) >= 11 is 1.44. The lowest BCUT2D eigenvalue weighted by atomic mass is 10.0. The Kier molecular flexibility index (Phi) is 5.33. The topological polar surface area (TPSA) is 75.0 Å². The van der Waals surface area contributed by atoms with Gasteiger partial charge >= 0.3 is 0 Å². The molecule has 0 atom stereocenters. The van der Waals surface area contributed by atoms with Crippen molar-refractivity contribution in [3.05, 3.63) is 87.6 Å². The summed E-state index contributed by atoms with van der Waals surface area (Å²) in [7, 11) is 0. The van der Waals surface area contributed by atoms with Crippen molar-refractivity contribution in [3.8, 4) is 0 Å². The Bertz CT molecular complexity index is 1370. The number of nitrogen functional groups attached to an aromatic ring is 1. The number of pyridine rings is 1. The average molecular weight is 445 g/mol. The van der Waals surface area contributed by atoms with E-state index in [0.717, 1.165) is 33.5 Å². The van der Waals surface area contributed by atoms with Gasteiger partial charge in [-0.3, -0.25) is 4.79 Å². The number of aromatic nitrogens is 2. The quantitative estimate of drug-likeness (QED) is 0.440. The van der Waals surface area contributed by atoms with E-state index in [9.17, 15) is 9.18 Å². The van der Waals surface area contributed by atoms with Crippen molar-refractivity contribution in [1.82, 2.24) is 14.9 Å². The van der Waals surface area contributed by atoms with Crippen molar-refractivity contribution in [2.45, 2.75) is 6.42 Å². The normalized spacial score (nSPS) is 14.3. The van der Waals surface area contributed by atoms with Crippen molar-refractivity contribution in [2.24, 2.45) is 0 Å². The van der Waals surface area contributed by atoms with E-state index in [2.05, 4.69) is 16.0 Å². The molecule has 0 saturated heterocycles. The van der Waals surface area contributed by atoms with Crippen molar-refractivity contribution >= 4 is 51.7 Å². The van der Waals surface area contributed by atoms with Gasteiger partial charge in [0.25, 0.3) is 5.91 Å². The fourth-order valence-electron chi connectivity index (χ4n) is 3.85. The largest absolute Gasteiger partial charge is 0.383 e. The van der Waals surface area contributed by atoms with Gasteiger partial charge in [0.15, 0.2) is 0 Å². The minimum Gasteiger partial charge on any atom is -0.383 e. The van der Waals surface area contributed by atoms with E-state index in [0.29, 0.717) is 23.8 Å². The van der Waals surface area contributed by atoms with E-state index in [-0.39, 0.29) is 11.7 Å². The maximum absolute atomic E-state index is 13.3. The number of thiophene rings is 1. The number of rotatable bonds is 4. The van der Waals surface area contributed by atoms with Crippen molar-refractivity contribution in [1.29, 1.82) is 0 Å². The summed E-state index contributed by atoms with van der Waals surface area (Å²) in [6, 6.07) is 14.1. The average Bonchev–Trinajstić information content (AvgIpc) is 3.46. The number of carbonyl (C=O) groups excluding carboxylic acids is 1. The lowest BCUT2D eigenvalue weighted by Gasteiger charge is -2.25. The molecule has 3 N–H and O–H groups in total. The Morgan fingerprint density at radius 1 is 1.19 bits per heavy atom. The molecule has 0 fully saturated rings. The smallest absolute Gasteiger partial charge is 0.264 e. The number of hydrogen-bond donors (Lipinski definition) is 2. The first kappa shape index (κ1) is 20.2. The van der Waals surface area contributed by atoms with Crippen LogP contribution in [0.2, 0.25) is 0 Å². The van der Waals surface area contributed by atoms with Gasteiger partial charge in [0.05, 0.1) is 10.4 Å². The highest BCUT2D eigenvalue weighted by atomic mass is 32.1. The lowest BCUT2D eigenvalue weighted by molar-refractivity contribution is 0.0777. The molecule has 32 heavy (non-hydrogen) atoms. The number of benzene rings is 1. The van der Waals surface area contributed by atoms with Crippen LogP contribution < -0.4 is 5.73 Å². The molecule has 5 rings (SSSR count). The van der Waals surface area contributed by atoms with Crippen LogP contribution in [0.15, 0.2) is 60.8 Å². The molecule has 0 saturated carbocycles. The van der Waals surface area contributed by atoms with E-state index in [1.807, 2.05) is 47.4 Å². The highest BCUT2D eigenvalue weighted by Gasteiger charge is 2.21. The summed E-state index contributed by atoms with van der Waals surface area (Å²) in [5, 5.41) is 0.916. The second kappa shape index (κ2) is 8.43. The molecule has 1 aliphatic rings. The van der Waals surface area contributed by atoms with Gasteiger partial charge < -0.3 is 15.6 Å². The number of hydrogen-bond acceptors (Lipinski definition) is 4. The Morgan fingerprint density at radius 2 is 2.09 bits per heavy atom. The van der Waals surface area contributed by atoms with E-state index in [1.165, 1.54) is 29.0 Å². The molecule has 1 aromatic carbocycles. The maximum atomic E-state index is 13.3. The van der Waals surface area contributed by atoms with E-state index >= 15 is 0 Å². The van der Waals surface area contributed by atoms with Gasteiger partial charge in [0, 0.05) is 35.2 Å². The van der Waals surface area contributed by atoms with Gasteiger partial charge in [-0.1, -0.05) is 24.3 Å². The van der Waals surface area contributed by atoms with Gasteiger partial charge in [-0.2, -0.15) is 0 Å².